The second-order valence-electron chi connectivity index (χ2n) is 6.05. The van der Waals surface area contributed by atoms with Crippen molar-refractivity contribution in [1.82, 2.24) is 19.7 Å². The van der Waals surface area contributed by atoms with Gasteiger partial charge in [0.2, 0.25) is 10.0 Å². The third-order valence-electron chi connectivity index (χ3n) is 4.18. The molecule has 2 aromatic carbocycles. The fourth-order valence-corrected chi connectivity index (χ4v) is 3.56. The molecule has 0 spiro atoms. The second kappa shape index (κ2) is 7.29. The zero-order valence-corrected chi connectivity index (χ0v) is 15.8. The van der Waals surface area contributed by atoms with Gasteiger partial charge in [-0.25, -0.2) is 23.1 Å². The summed E-state index contributed by atoms with van der Waals surface area (Å²) in [4.78, 5) is 11.8. The summed E-state index contributed by atoms with van der Waals surface area (Å²) < 4.78 is 26.2. The van der Waals surface area contributed by atoms with Crippen molar-refractivity contribution >= 4 is 43.9 Å². The van der Waals surface area contributed by atoms with E-state index >= 15 is 0 Å². The number of benzene rings is 2. The highest BCUT2D eigenvalue weighted by molar-refractivity contribution is 7.89. The molecule has 2 aromatic heterocycles. The van der Waals surface area contributed by atoms with Gasteiger partial charge in [0, 0.05) is 34.5 Å². The molecule has 0 saturated heterocycles. The Morgan fingerprint density at radius 3 is 2.39 bits per heavy atom. The lowest BCUT2D eigenvalue weighted by molar-refractivity contribution is 0.588. The summed E-state index contributed by atoms with van der Waals surface area (Å²) in [6.07, 6.45) is 3.33. The first-order chi connectivity index (χ1) is 13.5. The molecule has 0 aliphatic rings. The van der Waals surface area contributed by atoms with Crippen LogP contribution in [0.5, 0.6) is 0 Å². The van der Waals surface area contributed by atoms with Crippen molar-refractivity contribution in [2.45, 2.75) is 4.90 Å². The largest absolute Gasteiger partial charge is 0.361 e. The zero-order chi connectivity index (χ0) is 19.6. The Kier molecular flexibility index (Phi) is 4.68. The number of hydrogen-bond donors (Lipinski definition) is 4. The molecule has 28 heavy (non-hydrogen) atoms. The fourth-order valence-electron chi connectivity index (χ4n) is 2.78. The molecule has 0 atom stereocenters. The topological polar surface area (TPSA) is 112 Å². The van der Waals surface area contributed by atoms with Crippen LogP contribution >= 0.6 is 0 Å². The van der Waals surface area contributed by atoms with Gasteiger partial charge in [0.15, 0.2) is 0 Å². The summed E-state index contributed by atoms with van der Waals surface area (Å²) in [6, 6.07) is 16.2. The van der Waals surface area contributed by atoms with E-state index in [2.05, 4.69) is 30.3 Å². The zero-order valence-electron chi connectivity index (χ0n) is 15.0. The van der Waals surface area contributed by atoms with E-state index in [1.165, 1.54) is 19.4 Å². The monoisotopic (exact) mass is 394 g/mol. The maximum atomic E-state index is 12.0. The lowest BCUT2D eigenvalue weighted by atomic mass is 10.2. The average molecular weight is 394 g/mol. The lowest BCUT2D eigenvalue weighted by Crippen LogP contribution is -2.18. The molecular weight excluding hydrogens is 376 g/mol. The minimum atomic E-state index is -3.51. The highest BCUT2D eigenvalue weighted by Crippen LogP contribution is 2.23. The number of H-pyrrole nitrogens is 1. The van der Waals surface area contributed by atoms with Crippen LogP contribution in [-0.4, -0.2) is 30.4 Å². The number of hydrogen-bond acceptors (Lipinski definition) is 6. The van der Waals surface area contributed by atoms with Crippen LogP contribution in [-0.2, 0) is 10.0 Å². The van der Waals surface area contributed by atoms with Crippen LogP contribution in [0.15, 0.2) is 72.0 Å². The second-order valence-corrected chi connectivity index (χ2v) is 7.94. The van der Waals surface area contributed by atoms with Crippen molar-refractivity contribution in [2.24, 2.45) is 0 Å². The van der Waals surface area contributed by atoms with Gasteiger partial charge in [0.1, 0.15) is 18.0 Å². The molecule has 0 unspecified atom stereocenters. The van der Waals surface area contributed by atoms with Crippen LogP contribution in [0.25, 0.3) is 10.9 Å². The Morgan fingerprint density at radius 1 is 0.893 bits per heavy atom. The van der Waals surface area contributed by atoms with Crippen molar-refractivity contribution in [1.29, 1.82) is 0 Å². The fraction of sp³-hybridized carbons (Fsp3) is 0.0526. The van der Waals surface area contributed by atoms with Crippen molar-refractivity contribution < 1.29 is 8.42 Å². The van der Waals surface area contributed by atoms with Crippen molar-refractivity contribution in [3.05, 3.63) is 67.1 Å². The standard InChI is InChI=1S/C19H18N6O2S/c1-20-28(26,27)16-4-2-3-14(10-16)24-18-11-19(23-12-22-18)25-15-5-6-17-13(9-15)7-8-21-17/h2-12,20-21H,1H3,(H2,22,23,24,25). The van der Waals surface area contributed by atoms with Gasteiger partial charge in [-0.15, -0.1) is 0 Å². The van der Waals surface area contributed by atoms with Gasteiger partial charge in [-0.05, 0) is 49.5 Å². The first-order valence-electron chi connectivity index (χ1n) is 8.50. The van der Waals surface area contributed by atoms with Crippen molar-refractivity contribution in [3.8, 4) is 0 Å². The molecule has 0 aliphatic heterocycles. The first-order valence-corrected chi connectivity index (χ1v) is 9.99. The molecule has 2 heterocycles. The lowest BCUT2D eigenvalue weighted by Gasteiger charge is -2.10. The molecule has 0 bridgehead atoms. The summed E-state index contributed by atoms with van der Waals surface area (Å²) in [5, 5.41) is 7.45. The maximum absolute atomic E-state index is 12.0. The van der Waals surface area contributed by atoms with Gasteiger partial charge in [-0.3, -0.25) is 0 Å². The third-order valence-corrected chi connectivity index (χ3v) is 5.59. The maximum Gasteiger partial charge on any atom is 0.240 e. The summed E-state index contributed by atoms with van der Waals surface area (Å²) in [5.41, 5.74) is 2.57. The molecule has 0 radical (unpaired) electrons. The number of aromatic nitrogens is 3. The Labute approximate surface area is 162 Å². The summed E-state index contributed by atoms with van der Waals surface area (Å²) in [5.74, 6) is 1.16. The van der Waals surface area contributed by atoms with Gasteiger partial charge in [-0.1, -0.05) is 6.07 Å². The SMILES string of the molecule is CNS(=O)(=O)c1cccc(Nc2cc(Nc3ccc4[nH]ccc4c3)ncn2)c1. The number of fused-ring (bicyclic) bond motifs is 1. The van der Waals surface area contributed by atoms with Gasteiger partial charge in [-0.2, -0.15) is 0 Å². The van der Waals surface area contributed by atoms with E-state index in [1.54, 1.807) is 24.3 Å². The summed E-state index contributed by atoms with van der Waals surface area (Å²) in [7, 11) is -2.14. The number of anilines is 4. The quantitative estimate of drug-likeness (QED) is 0.399. The normalized spacial score (nSPS) is 11.5. The van der Waals surface area contributed by atoms with E-state index in [1.807, 2.05) is 30.5 Å². The van der Waals surface area contributed by atoms with E-state index in [4.69, 9.17) is 0 Å². The number of nitrogens with one attached hydrogen (secondary N) is 4. The Morgan fingerprint density at radius 2 is 1.64 bits per heavy atom. The predicted octanol–water partition coefficient (Wildman–Crippen LogP) is 3.35. The molecular formula is C19H18N6O2S. The van der Waals surface area contributed by atoms with E-state index in [-0.39, 0.29) is 4.90 Å². The van der Waals surface area contributed by atoms with Crippen LogP contribution < -0.4 is 15.4 Å². The predicted molar refractivity (Wildman–Crippen MR) is 110 cm³/mol. The third kappa shape index (κ3) is 3.80. The van der Waals surface area contributed by atoms with Crippen LogP contribution in [0.1, 0.15) is 0 Å². The smallest absolute Gasteiger partial charge is 0.240 e. The van der Waals surface area contributed by atoms with Crippen molar-refractivity contribution in [3.63, 3.8) is 0 Å². The van der Waals surface area contributed by atoms with E-state index in [9.17, 15) is 8.42 Å². The minimum absolute atomic E-state index is 0.173. The molecule has 4 rings (SSSR count). The highest BCUT2D eigenvalue weighted by Gasteiger charge is 2.11. The van der Waals surface area contributed by atoms with Gasteiger partial charge < -0.3 is 15.6 Å². The van der Waals surface area contributed by atoms with Crippen molar-refractivity contribution in [2.75, 3.05) is 17.7 Å². The molecule has 0 fully saturated rings. The van der Waals surface area contributed by atoms with Gasteiger partial charge >= 0.3 is 0 Å². The van der Waals surface area contributed by atoms with E-state index < -0.39 is 10.0 Å². The number of aromatic amines is 1. The Balaban J connectivity index is 1.55. The minimum Gasteiger partial charge on any atom is -0.361 e. The molecule has 0 aliphatic carbocycles. The average Bonchev–Trinajstić information content (AvgIpc) is 3.16. The molecule has 0 saturated carbocycles. The Hall–Kier alpha value is -3.43. The molecule has 0 amide bonds. The summed E-state index contributed by atoms with van der Waals surface area (Å²) in [6.45, 7) is 0. The van der Waals surface area contributed by atoms with E-state index in [0.717, 1.165) is 16.6 Å². The number of nitrogens with zero attached hydrogens (tertiary/aromatic N) is 2. The first kappa shape index (κ1) is 18.0. The molecule has 4 aromatic rings. The van der Waals surface area contributed by atoms with Crippen LogP contribution in [0.2, 0.25) is 0 Å². The van der Waals surface area contributed by atoms with Crippen LogP contribution in [0, 0.1) is 0 Å². The number of sulfonamides is 1. The number of rotatable bonds is 6. The Bertz CT molecular complexity index is 1240. The molecule has 142 valence electrons. The highest BCUT2D eigenvalue weighted by atomic mass is 32.2. The van der Waals surface area contributed by atoms with Crippen LogP contribution in [0.4, 0.5) is 23.0 Å². The molecule has 9 heteroatoms. The van der Waals surface area contributed by atoms with Gasteiger partial charge in [0.05, 0.1) is 4.90 Å². The van der Waals surface area contributed by atoms with E-state index in [0.29, 0.717) is 17.3 Å². The summed E-state index contributed by atoms with van der Waals surface area (Å²) >= 11 is 0. The van der Waals surface area contributed by atoms with Crippen LogP contribution in [0.3, 0.4) is 0 Å². The molecule has 4 N–H and O–H groups in total. The molecule has 8 nitrogen and oxygen atoms in total. The van der Waals surface area contributed by atoms with Gasteiger partial charge in [0.25, 0.3) is 0 Å².